The number of halogens is 2. The molecular weight excluding hydrogens is 418 g/mol. The zero-order chi connectivity index (χ0) is 23.5. The summed E-state index contributed by atoms with van der Waals surface area (Å²) < 4.78 is 30.9. The summed E-state index contributed by atoms with van der Waals surface area (Å²) in [5.74, 6) is 1.76. The van der Waals surface area contributed by atoms with E-state index in [0.29, 0.717) is 16.9 Å². The van der Waals surface area contributed by atoms with E-state index < -0.39 is 18.8 Å². The van der Waals surface area contributed by atoms with Crippen LogP contribution in [0.5, 0.6) is 5.75 Å². The zero-order valence-electron chi connectivity index (χ0n) is 19.9. The number of ether oxygens (including phenoxy) is 1. The number of esters is 1. The molecule has 2 nitrogen and oxygen atoms in total. The van der Waals surface area contributed by atoms with E-state index in [-0.39, 0.29) is 6.42 Å². The molecule has 1 unspecified atom stereocenters. The number of carbonyl (C=O) groups is 1. The van der Waals surface area contributed by atoms with Crippen LogP contribution >= 0.6 is 0 Å². The maximum atomic E-state index is 13.2. The van der Waals surface area contributed by atoms with Crippen LogP contribution in [0.25, 0.3) is 0 Å². The van der Waals surface area contributed by atoms with Crippen molar-refractivity contribution in [3.05, 3.63) is 65.2 Å². The third kappa shape index (κ3) is 8.57. The van der Waals surface area contributed by atoms with E-state index in [1.165, 1.54) is 63.4 Å². The van der Waals surface area contributed by atoms with Gasteiger partial charge in [0.15, 0.2) is 0 Å². The molecule has 180 valence electrons. The molecule has 0 aromatic heterocycles. The van der Waals surface area contributed by atoms with E-state index in [4.69, 9.17) is 4.74 Å². The van der Waals surface area contributed by atoms with Gasteiger partial charge in [0, 0.05) is 6.42 Å². The molecule has 1 fully saturated rings. The second-order valence-electron chi connectivity index (χ2n) is 9.61. The fourth-order valence-corrected chi connectivity index (χ4v) is 4.84. The Balaban J connectivity index is 1.40. The molecule has 3 rings (SSSR count). The molecule has 2 aromatic rings. The minimum atomic E-state index is -1.50. The lowest BCUT2D eigenvalue weighted by Crippen LogP contribution is -2.15. The highest BCUT2D eigenvalue weighted by atomic mass is 19.2. The van der Waals surface area contributed by atoms with Crippen molar-refractivity contribution in [3.8, 4) is 5.75 Å². The van der Waals surface area contributed by atoms with Gasteiger partial charge in [-0.1, -0.05) is 82.6 Å². The van der Waals surface area contributed by atoms with Gasteiger partial charge >= 0.3 is 5.97 Å². The molecule has 0 radical (unpaired) electrons. The van der Waals surface area contributed by atoms with Crippen LogP contribution in [0.15, 0.2) is 48.5 Å². The minimum absolute atomic E-state index is 0.0204. The Bertz CT molecular complexity index is 824. The summed E-state index contributed by atoms with van der Waals surface area (Å²) in [5.41, 5.74) is 2.44. The number of benzene rings is 2. The first kappa shape index (κ1) is 25.4. The van der Waals surface area contributed by atoms with Gasteiger partial charge in [0.1, 0.15) is 18.6 Å². The van der Waals surface area contributed by atoms with Crippen molar-refractivity contribution < 1.29 is 18.3 Å². The molecule has 1 saturated carbocycles. The van der Waals surface area contributed by atoms with E-state index in [0.717, 1.165) is 18.3 Å². The number of alkyl halides is 2. The average Bonchev–Trinajstić information content (AvgIpc) is 2.85. The number of unbranched alkanes of at least 4 members (excludes halogenated alkanes) is 2. The topological polar surface area (TPSA) is 26.3 Å². The van der Waals surface area contributed by atoms with Gasteiger partial charge in [-0.05, 0) is 60.1 Å². The predicted molar refractivity (Wildman–Crippen MR) is 130 cm³/mol. The minimum Gasteiger partial charge on any atom is -0.423 e. The van der Waals surface area contributed by atoms with E-state index in [2.05, 4.69) is 6.92 Å². The fraction of sp³-hybridized carbons (Fsp3) is 0.552. The van der Waals surface area contributed by atoms with Crippen LogP contribution in [0, 0.1) is 11.8 Å². The lowest BCUT2D eigenvalue weighted by Gasteiger charge is -2.28. The summed E-state index contributed by atoms with van der Waals surface area (Å²) in [7, 11) is 0. The Morgan fingerprint density at radius 1 is 0.909 bits per heavy atom. The molecule has 4 heteroatoms. The van der Waals surface area contributed by atoms with Crippen molar-refractivity contribution >= 4 is 5.97 Å². The van der Waals surface area contributed by atoms with Gasteiger partial charge in [-0.2, -0.15) is 0 Å². The van der Waals surface area contributed by atoms with Crippen molar-refractivity contribution in [3.63, 3.8) is 0 Å². The van der Waals surface area contributed by atoms with Gasteiger partial charge < -0.3 is 4.74 Å². The highest BCUT2D eigenvalue weighted by molar-refractivity contribution is 5.91. The Kier molecular flexibility index (Phi) is 10.4. The molecule has 33 heavy (non-hydrogen) atoms. The Morgan fingerprint density at radius 3 is 2.12 bits per heavy atom. The lowest BCUT2D eigenvalue weighted by molar-refractivity contribution is 0.0734. The summed E-state index contributed by atoms with van der Waals surface area (Å²) in [5, 5.41) is 0. The molecule has 0 N–H and O–H groups in total. The van der Waals surface area contributed by atoms with Crippen molar-refractivity contribution in [2.24, 2.45) is 11.8 Å². The molecule has 0 aliphatic heterocycles. The van der Waals surface area contributed by atoms with Crippen molar-refractivity contribution in [1.82, 2.24) is 0 Å². The maximum absolute atomic E-state index is 13.2. The second-order valence-corrected chi connectivity index (χ2v) is 9.61. The second kappa shape index (κ2) is 13.5. The predicted octanol–water partition coefficient (Wildman–Crippen LogP) is 8.08. The number of aryl methyl sites for hydroxylation is 1. The molecule has 2 aromatic carbocycles. The standard InChI is InChI=1S/C29H38F2O2/c1-2-3-4-5-22-6-8-23(9-7-22)10-11-24-12-16-26(17-13-24)29(32)33-28-18-14-25(15-19-28)20-27(31)21-30/h12-19,22-23,27H,2-11,20-21H2,1H3. The molecule has 1 atom stereocenters. The van der Waals surface area contributed by atoms with Gasteiger partial charge in [0.25, 0.3) is 0 Å². The van der Waals surface area contributed by atoms with Crippen molar-refractivity contribution in [1.29, 1.82) is 0 Å². The monoisotopic (exact) mass is 456 g/mol. The number of rotatable bonds is 12. The first-order valence-corrected chi connectivity index (χ1v) is 12.7. The Labute approximate surface area is 197 Å². The van der Waals surface area contributed by atoms with Gasteiger partial charge in [0.05, 0.1) is 5.56 Å². The Morgan fingerprint density at radius 2 is 1.52 bits per heavy atom. The Hall–Kier alpha value is -2.23. The number of hydrogen-bond donors (Lipinski definition) is 0. The van der Waals surface area contributed by atoms with Crippen LogP contribution in [0.2, 0.25) is 0 Å². The fourth-order valence-electron chi connectivity index (χ4n) is 4.84. The van der Waals surface area contributed by atoms with Gasteiger partial charge in [-0.25, -0.2) is 13.6 Å². The van der Waals surface area contributed by atoms with E-state index in [1.54, 1.807) is 24.3 Å². The molecule has 1 aliphatic rings. The third-order valence-electron chi connectivity index (χ3n) is 6.97. The van der Waals surface area contributed by atoms with E-state index in [9.17, 15) is 13.6 Å². The molecule has 0 spiro atoms. The van der Waals surface area contributed by atoms with Gasteiger partial charge in [-0.3, -0.25) is 0 Å². The highest BCUT2D eigenvalue weighted by Crippen LogP contribution is 2.34. The summed E-state index contributed by atoms with van der Waals surface area (Å²) in [6.07, 6.45) is 11.8. The number of carbonyl (C=O) groups excluding carboxylic acids is 1. The van der Waals surface area contributed by atoms with Gasteiger partial charge in [0.2, 0.25) is 0 Å². The number of hydrogen-bond acceptors (Lipinski definition) is 2. The maximum Gasteiger partial charge on any atom is 0.343 e. The van der Waals surface area contributed by atoms with Crippen LogP contribution in [-0.4, -0.2) is 18.8 Å². The normalized spacial score (nSPS) is 19.2. The summed E-state index contributed by atoms with van der Waals surface area (Å²) in [6.45, 7) is 1.28. The highest BCUT2D eigenvalue weighted by Gasteiger charge is 2.20. The molecular formula is C29H38F2O2. The van der Waals surface area contributed by atoms with Crippen LogP contribution in [0.4, 0.5) is 8.78 Å². The SMILES string of the molecule is CCCCCC1CCC(CCc2ccc(C(=O)Oc3ccc(CC(F)CF)cc3)cc2)CC1. The summed E-state index contributed by atoms with van der Waals surface area (Å²) in [4.78, 5) is 12.4. The average molecular weight is 457 g/mol. The van der Waals surface area contributed by atoms with Gasteiger partial charge in [-0.15, -0.1) is 0 Å². The summed E-state index contributed by atoms with van der Waals surface area (Å²) in [6, 6.07) is 14.2. The molecule has 1 aliphatic carbocycles. The zero-order valence-corrected chi connectivity index (χ0v) is 19.9. The quantitative estimate of drug-likeness (QED) is 0.183. The molecule has 0 saturated heterocycles. The van der Waals surface area contributed by atoms with Crippen molar-refractivity contribution in [2.75, 3.05) is 6.67 Å². The van der Waals surface area contributed by atoms with Crippen LogP contribution < -0.4 is 4.74 Å². The largest absolute Gasteiger partial charge is 0.423 e. The first-order chi connectivity index (χ1) is 16.1. The molecule has 0 amide bonds. The summed E-state index contributed by atoms with van der Waals surface area (Å²) >= 11 is 0. The van der Waals surface area contributed by atoms with Crippen molar-refractivity contribution in [2.45, 2.75) is 83.7 Å². The lowest BCUT2D eigenvalue weighted by atomic mass is 9.78. The van der Waals surface area contributed by atoms with E-state index in [1.807, 2.05) is 24.3 Å². The van der Waals surface area contributed by atoms with Crippen LogP contribution in [-0.2, 0) is 12.8 Å². The third-order valence-corrected chi connectivity index (χ3v) is 6.97. The van der Waals surface area contributed by atoms with Crippen LogP contribution in [0.3, 0.4) is 0 Å². The van der Waals surface area contributed by atoms with Crippen LogP contribution in [0.1, 0.15) is 86.2 Å². The smallest absolute Gasteiger partial charge is 0.343 e. The van der Waals surface area contributed by atoms with E-state index >= 15 is 0 Å². The molecule has 0 heterocycles. The molecule has 0 bridgehead atoms. The first-order valence-electron chi connectivity index (χ1n) is 12.7.